The Morgan fingerprint density at radius 2 is 2.00 bits per heavy atom. The van der Waals surface area contributed by atoms with Crippen molar-refractivity contribution in [2.75, 3.05) is 0 Å². The summed E-state index contributed by atoms with van der Waals surface area (Å²) in [5.74, 6) is 0.647. The largest absolute Gasteiger partial charge is 0.385 e. The molecule has 1 aliphatic rings. The zero-order valence-electron chi connectivity index (χ0n) is 8.74. The molecular weight excluding hydrogens is 172 g/mol. The molecule has 0 radical (unpaired) electrons. The van der Waals surface area contributed by atoms with E-state index in [2.05, 4.69) is 6.92 Å². The van der Waals surface area contributed by atoms with Gasteiger partial charge in [0, 0.05) is 0 Å². The lowest BCUT2D eigenvalue weighted by Gasteiger charge is -2.35. The molecule has 0 heterocycles. The Bertz CT molecular complexity index is 293. The van der Waals surface area contributed by atoms with Crippen molar-refractivity contribution in [2.24, 2.45) is 5.92 Å². The number of benzene rings is 1. The molecule has 0 aromatic heterocycles. The van der Waals surface area contributed by atoms with Crippen LogP contribution in [0.5, 0.6) is 0 Å². The zero-order valence-corrected chi connectivity index (χ0v) is 8.74. The summed E-state index contributed by atoms with van der Waals surface area (Å²) in [5, 5.41) is 10.5. The smallest absolute Gasteiger partial charge is 0.0899 e. The summed E-state index contributed by atoms with van der Waals surface area (Å²) in [5.41, 5.74) is 0.533. The molecule has 0 bridgehead atoms. The number of hydrogen-bond acceptors (Lipinski definition) is 1. The van der Waals surface area contributed by atoms with Crippen molar-refractivity contribution in [3.8, 4) is 0 Å². The fourth-order valence-corrected chi connectivity index (χ4v) is 2.53. The van der Waals surface area contributed by atoms with E-state index < -0.39 is 5.60 Å². The summed E-state index contributed by atoms with van der Waals surface area (Å²) in [4.78, 5) is 0. The average molecular weight is 190 g/mol. The maximum atomic E-state index is 10.5. The third-order valence-electron chi connectivity index (χ3n) is 3.28. The minimum atomic E-state index is -0.557. The minimum absolute atomic E-state index is 0.557. The molecular formula is C13H18O. The summed E-state index contributed by atoms with van der Waals surface area (Å²) in [7, 11) is 0. The van der Waals surface area contributed by atoms with Gasteiger partial charge in [0.25, 0.3) is 0 Å². The molecule has 0 amide bonds. The molecule has 0 spiro atoms. The van der Waals surface area contributed by atoms with Gasteiger partial charge in [-0.05, 0) is 30.7 Å². The third kappa shape index (κ3) is 1.83. The van der Waals surface area contributed by atoms with Crippen molar-refractivity contribution in [1.29, 1.82) is 0 Å². The molecule has 1 heteroatoms. The number of hydrogen-bond donors (Lipinski definition) is 1. The molecule has 1 aliphatic carbocycles. The standard InChI is InChI=1S/C13H18O/c1-11-6-5-9-13(14,10-11)12-7-3-2-4-8-12/h2-4,7-8,11,14H,5-6,9-10H2,1H3. The molecule has 0 saturated heterocycles. The van der Waals surface area contributed by atoms with Crippen LogP contribution in [0.1, 0.15) is 38.2 Å². The fraction of sp³-hybridized carbons (Fsp3) is 0.538. The molecule has 2 unspecified atom stereocenters. The van der Waals surface area contributed by atoms with E-state index in [0.717, 1.165) is 24.8 Å². The highest BCUT2D eigenvalue weighted by molar-refractivity contribution is 5.22. The predicted molar refractivity (Wildman–Crippen MR) is 58.0 cm³/mol. The van der Waals surface area contributed by atoms with Gasteiger partial charge in [-0.1, -0.05) is 43.7 Å². The van der Waals surface area contributed by atoms with E-state index in [1.807, 2.05) is 30.3 Å². The van der Waals surface area contributed by atoms with Crippen molar-refractivity contribution >= 4 is 0 Å². The number of rotatable bonds is 1. The first-order valence-electron chi connectivity index (χ1n) is 5.49. The van der Waals surface area contributed by atoms with Gasteiger partial charge in [-0.25, -0.2) is 0 Å². The lowest BCUT2D eigenvalue weighted by Crippen LogP contribution is -2.31. The van der Waals surface area contributed by atoms with Gasteiger partial charge in [0.05, 0.1) is 5.60 Å². The highest BCUT2D eigenvalue weighted by Crippen LogP contribution is 2.39. The van der Waals surface area contributed by atoms with Crippen LogP contribution in [0.3, 0.4) is 0 Å². The van der Waals surface area contributed by atoms with Crippen LogP contribution >= 0.6 is 0 Å². The van der Waals surface area contributed by atoms with E-state index in [0.29, 0.717) is 5.92 Å². The van der Waals surface area contributed by atoms with E-state index in [4.69, 9.17) is 0 Å². The molecule has 1 aromatic rings. The van der Waals surface area contributed by atoms with Gasteiger partial charge in [0.2, 0.25) is 0 Å². The summed E-state index contributed by atoms with van der Waals surface area (Å²) in [6, 6.07) is 10.1. The Hall–Kier alpha value is -0.820. The first-order valence-corrected chi connectivity index (χ1v) is 5.49. The zero-order chi connectivity index (χ0) is 10.0. The Morgan fingerprint density at radius 3 is 2.64 bits per heavy atom. The van der Waals surface area contributed by atoms with Gasteiger partial charge in [-0.2, -0.15) is 0 Å². The highest BCUT2D eigenvalue weighted by atomic mass is 16.3. The van der Waals surface area contributed by atoms with Crippen LogP contribution in [-0.2, 0) is 5.60 Å². The maximum absolute atomic E-state index is 10.5. The first kappa shape index (κ1) is 9.72. The van der Waals surface area contributed by atoms with Gasteiger partial charge in [0.1, 0.15) is 0 Å². The Labute approximate surface area is 85.8 Å². The summed E-state index contributed by atoms with van der Waals surface area (Å²) in [6.45, 7) is 2.23. The maximum Gasteiger partial charge on any atom is 0.0899 e. The SMILES string of the molecule is CC1CCCC(O)(c2ccccc2)C1. The Kier molecular flexibility index (Phi) is 2.60. The molecule has 2 rings (SSSR count). The van der Waals surface area contributed by atoms with E-state index in [1.54, 1.807) is 0 Å². The Morgan fingerprint density at radius 1 is 1.29 bits per heavy atom. The molecule has 1 nitrogen and oxygen atoms in total. The van der Waals surface area contributed by atoms with Gasteiger partial charge in [-0.3, -0.25) is 0 Å². The molecule has 1 N–H and O–H groups in total. The minimum Gasteiger partial charge on any atom is -0.385 e. The van der Waals surface area contributed by atoms with Crippen LogP contribution < -0.4 is 0 Å². The second kappa shape index (κ2) is 3.74. The molecule has 0 aliphatic heterocycles. The molecule has 1 aromatic carbocycles. The van der Waals surface area contributed by atoms with Crippen LogP contribution in [0.2, 0.25) is 0 Å². The second-order valence-corrected chi connectivity index (χ2v) is 4.60. The topological polar surface area (TPSA) is 20.2 Å². The van der Waals surface area contributed by atoms with Gasteiger partial charge >= 0.3 is 0 Å². The summed E-state index contributed by atoms with van der Waals surface area (Å²) >= 11 is 0. The van der Waals surface area contributed by atoms with Crippen LogP contribution in [0, 0.1) is 5.92 Å². The van der Waals surface area contributed by atoms with Gasteiger partial charge in [0.15, 0.2) is 0 Å². The second-order valence-electron chi connectivity index (χ2n) is 4.60. The third-order valence-corrected chi connectivity index (χ3v) is 3.28. The van der Waals surface area contributed by atoms with Crippen molar-refractivity contribution in [3.05, 3.63) is 35.9 Å². The molecule has 1 fully saturated rings. The van der Waals surface area contributed by atoms with Crippen LogP contribution in [-0.4, -0.2) is 5.11 Å². The normalized spacial score (nSPS) is 32.9. The fourth-order valence-electron chi connectivity index (χ4n) is 2.53. The van der Waals surface area contributed by atoms with E-state index in [1.165, 1.54) is 6.42 Å². The van der Waals surface area contributed by atoms with Gasteiger partial charge < -0.3 is 5.11 Å². The molecule has 2 atom stereocenters. The summed E-state index contributed by atoms with van der Waals surface area (Å²) in [6.07, 6.45) is 4.24. The Balaban J connectivity index is 2.23. The molecule has 1 saturated carbocycles. The molecule has 14 heavy (non-hydrogen) atoms. The van der Waals surface area contributed by atoms with E-state index in [-0.39, 0.29) is 0 Å². The average Bonchev–Trinajstić information content (AvgIpc) is 2.19. The van der Waals surface area contributed by atoms with Gasteiger partial charge in [-0.15, -0.1) is 0 Å². The van der Waals surface area contributed by atoms with Crippen molar-refractivity contribution in [1.82, 2.24) is 0 Å². The molecule has 76 valence electrons. The monoisotopic (exact) mass is 190 g/mol. The predicted octanol–water partition coefficient (Wildman–Crippen LogP) is 3.08. The van der Waals surface area contributed by atoms with E-state index >= 15 is 0 Å². The quantitative estimate of drug-likeness (QED) is 0.721. The summed E-state index contributed by atoms with van der Waals surface area (Å²) < 4.78 is 0. The van der Waals surface area contributed by atoms with Crippen molar-refractivity contribution in [2.45, 2.75) is 38.2 Å². The van der Waals surface area contributed by atoms with Crippen molar-refractivity contribution < 1.29 is 5.11 Å². The highest BCUT2D eigenvalue weighted by Gasteiger charge is 2.33. The van der Waals surface area contributed by atoms with Crippen LogP contribution in [0.15, 0.2) is 30.3 Å². The first-order chi connectivity index (χ1) is 6.71. The van der Waals surface area contributed by atoms with Crippen LogP contribution in [0.4, 0.5) is 0 Å². The van der Waals surface area contributed by atoms with Crippen molar-refractivity contribution in [3.63, 3.8) is 0 Å². The lowest BCUT2D eigenvalue weighted by molar-refractivity contribution is -0.0178. The number of aliphatic hydroxyl groups is 1. The lowest BCUT2D eigenvalue weighted by atomic mass is 9.75. The van der Waals surface area contributed by atoms with Crippen LogP contribution in [0.25, 0.3) is 0 Å². The van der Waals surface area contributed by atoms with E-state index in [9.17, 15) is 5.11 Å².